The average molecular weight is 551 g/mol. The van der Waals surface area contributed by atoms with E-state index in [1.807, 2.05) is 6.08 Å². The lowest BCUT2D eigenvalue weighted by Crippen LogP contribution is -1.98. The number of hydrogen-bond donors (Lipinski definition) is 0. The van der Waals surface area contributed by atoms with Crippen LogP contribution in [0.1, 0.15) is 29.2 Å². The zero-order valence-electron chi connectivity index (χ0n) is 24.5. The van der Waals surface area contributed by atoms with Crippen LogP contribution in [-0.4, -0.2) is 0 Å². The summed E-state index contributed by atoms with van der Waals surface area (Å²) in [5.41, 5.74) is 9.90. The molecule has 0 heterocycles. The number of hydrogen-bond acceptors (Lipinski definition) is 0. The van der Waals surface area contributed by atoms with Crippen molar-refractivity contribution in [3.05, 3.63) is 210 Å². The van der Waals surface area contributed by atoms with E-state index in [-0.39, 0.29) is 0 Å². The molecule has 1 aliphatic rings. The Morgan fingerprint density at radius 3 is 2.12 bits per heavy atom. The van der Waals surface area contributed by atoms with Crippen molar-refractivity contribution < 1.29 is 0 Å². The van der Waals surface area contributed by atoms with Crippen molar-refractivity contribution in [1.82, 2.24) is 0 Å². The lowest BCUT2D eigenvalue weighted by atomic mass is 9.85. The zero-order valence-corrected chi connectivity index (χ0v) is 24.5. The molecule has 0 unspecified atom stereocenters. The molecule has 0 saturated carbocycles. The Morgan fingerprint density at radius 1 is 0.628 bits per heavy atom. The van der Waals surface area contributed by atoms with E-state index in [0.29, 0.717) is 0 Å². The van der Waals surface area contributed by atoms with E-state index in [4.69, 9.17) is 6.58 Å². The second-order valence-corrected chi connectivity index (χ2v) is 10.6. The molecule has 0 nitrogen and oxygen atoms in total. The smallest absolute Gasteiger partial charge is 0.00364 e. The third kappa shape index (κ3) is 5.69. The van der Waals surface area contributed by atoms with Gasteiger partial charge >= 0.3 is 0 Å². The highest BCUT2D eigenvalue weighted by molar-refractivity contribution is 6.01. The quantitative estimate of drug-likeness (QED) is 0.195. The first-order chi connectivity index (χ1) is 21.2. The van der Waals surface area contributed by atoms with Crippen LogP contribution >= 0.6 is 0 Å². The molecule has 0 bridgehead atoms. The molecule has 0 heteroatoms. The SMILES string of the molecule is C=CC(=C\C)/C(=C1/C=C/C=C/C=C\c2ccccc2/C(c2cccc3ccccc23)=C\C1=C)c1ccc2ccccc2c1. The van der Waals surface area contributed by atoms with Gasteiger partial charge in [-0.25, -0.2) is 0 Å². The average Bonchev–Trinajstić information content (AvgIpc) is 3.05. The van der Waals surface area contributed by atoms with Crippen LogP contribution in [0, 0.1) is 0 Å². The summed E-state index contributed by atoms with van der Waals surface area (Å²) in [5, 5.41) is 4.84. The van der Waals surface area contributed by atoms with E-state index in [0.717, 1.165) is 44.6 Å². The summed E-state index contributed by atoms with van der Waals surface area (Å²) in [4.78, 5) is 0. The van der Waals surface area contributed by atoms with Crippen LogP contribution in [0.25, 0.3) is 38.8 Å². The molecule has 0 aromatic heterocycles. The third-order valence-electron chi connectivity index (χ3n) is 7.99. The van der Waals surface area contributed by atoms with Gasteiger partial charge < -0.3 is 0 Å². The van der Waals surface area contributed by atoms with E-state index in [9.17, 15) is 0 Å². The maximum Gasteiger partial charge on any atom is -0.00364 e. The molecule has 0 N–H and O–H groups in total. The largest absolute Gasteiger partial charge is 0.0985 e. The molecule has 206 valence electrons. The van der Waals surface area contributed by atoms with Gasteiger partial charge in [-0.1, -0.05) is 165 Å². The van der Waals surface area contributed by atoms with Gasteiger partial charge in [0.15, 0.2) is 0 Å². The van der Waals surface area contributed by atoms with Gasteiger partial charge in [0.1, 0.15) is 0 Å². The van der Waals surface area contributed by atoms with Crippen molar-refractivity contribution in [3.63, 3.8) is 0 Å². The Labute approximate surface area is 255 Å². The van der Waals surface area contributed by atoms with Gasteiger partial charge in [-0.05, 0) is 90.7 Å². The van der Waals surface area contributed by atoms with Crippen molar-refractivity contribution in [3.8, 4) is 0 Å². The first-order valence-electron chi connectivity index (χ1n) is 14.7. The van der Waals surface area contributed by atoms with Crippen molar-refractivity contribution in [2.24, 2.45) is 0 Å². The number of benzene rings is 5. The van der Waals surface area contributed by atoms with Gasteiger partial charge in [0, 0.05) is 0 Å². The monoisotopic (exact) mass is 550 g/mol. The Balaban J connectivity index is 1.68. The van der Waals surface area contributed by atoms with Crippen LogP contribution in [-0.2, 0) is 0 Å². The van der Waals surface area contributed by atoms with Crippen molar-refractivity contribution in [1.29, 1.82) is 0 Å². The van der Waals surface area contributed by atoms with Crippen LogP contribution in [0.15, 0.2) is 188 Å². The second kappa shape index (κ2) is 12.6. The molecule has 0 saturated heterocycles. The maximum atomic E-state index is 4.72. The number of rotatable bonds is 4. The summed E-state index contributed by atoms with van der Waals surface area (Å²) in [7, 11) is 0. The summed E-state index contributed by atoms with van der Waals surface area (Å²) in [5.74, 6) is 0. The lowest BCUT2D eigenvalue weighted by Gasteiger charge is -2.19. The minimum absolute atomic E-state index is 0.927. The summed E-state index contributed by atoms with van der Waals surface area (Å²) in [6.07, 6.45) is 19.0. The van der Waals surface area contributed by atoms with E-state index >= 15 is 0 Å². The fraction of sp³-hybridized carbons (Fsp3) is 0.0233. The van der Waals surface area contributed by atoms with Crippen LogP contribution < -0.4 is 0 Å². The van der Waals surface area contributed by atoms with E-state index in [2.05, 4.69) is 171 Å². The fourth-order valence-corrected chi connectivity index (χ4v) is 5.88. The summed E-state index contributed by atoms with van der Waals surface area (Å²) >= 11 is 0. The molecule has 43 heavy (non-hydrogen) atoms. The van der Waals surface area contributed by atoms with Crippen LogP contribution in [0.3, 0.4) is 0 Å². The lowest BCUT2D eigenvalue weighted by molar-refractivity contribution is 1.48. The first kappa shape index (κ1) is 27.7. The van der Waals surface area contributed by atoms with E-state index in [1.54, 1.807) is 0 Å². The van der Waals surface area contributed by atoms with Crippen molar-refractivity contribution >= 4 is 38.8 Å². The zero-order chi connectivity index (χ0) is 29.6. The molecule has 5 aromatic rings. The topological polar surface area (TPSA) is 0 Å². The minimum Gasteiger partial charge on any atom is -0.0985 e. The van der Waals surface area contributed by atoms with Crippen LogP contribution in [0.2, 0.25) is 0 Å². The normalized spacial score (nSPS) is 18.5. The highest BCUT2D eigenvalue weighted by Crippen LogP contribution is 2.38. The van der Waals surface area contributed by atoms with Crippen molar-refractivity contribution in [2.75, 3.05) is 0 Å². The molecule has 0 fully saturated rings. The highest BCUT2D eigenvalue weighted by Gasteiger charge is 2.17. The molecule has 6 rings (SSSR count). The maximum absolute atomic E-state index is 4.72. The minimum atomic E-state index is 0.927. The Kier molecular flexibility index (Phi) is 8.11. The molecule has 0 amide bonds. The van der Waals surface area contributed by atoms with Gasteiger partial charge in [-0.2, -0.15) is 0 Å². The van der Waals surface area contributed by atoms with Crippen LogP contribution in [0.5, 0.6) is 0 Å². The third-order valence-corrected chi connectivity index (χ3v) is 7.99. The van der Waals surface area contributed by atoms with Gasteiger partial charge in [-0.3, -0.25) is 0 Å². The summed E-state index contributed by atoms with van der Waals surface area (Å²) in [6, 6.07) is 38.9. The molecule has 5 aromatic carbocycles. The van der Waals surface area contributed by atoms with Gasteiger partial charge in [0.2, 0.25) is 0 Å². The predicted octanol–water partition coefficient (Wildman–Crippen LogP) is 11.7. The molecule has 0 spiro atoms. The predicted molar refractivity (Wildman–Crippen MR) is 189 cm³/mol. The molecule has 0 atom stereocenters. The Bertz CT molecular complexity index is 2040. The van der Waals surface area contributed by atoms with Crippen LogP contribution in [0.4, 0.5) is 0 Å². The summed E-state index contributed by atoms with van der Waals surface area (Å²) in [6.45, 7) is 11.0. The molecular formula is C43H34. The van der Waals surface area contributed by atoms with Crippen molar-refractivity contribution in [2.45, 2.75) is 6.92 Å². The second-order valence-electron chi connectivity index (χ2n) is 10.6. The number of fused-ring (bicyclic) bond motifs is 3. The van der Waals surface area contributed by atoms with Gasteiger partial charge in [0.05, 0.1) is 0 Å². The standard InChI is InChI=1S/C43H34/c1-4-32(5-2)43(37-28-27-33-17-10-11-21-36(33)30-37)38-23-9-7-6-8-18-34-19-13-15-25-40(34)42(29-31(38)3)41-26-16-22-35-20-12-14-24-39(35)41/h4-30H,1,3H2,2H3/b7-6+,18-8-,23-9+,32-5+,42-29+,43-38+. The molecule has 0 radical (unpaired) electrons. The highest BCUT2D eigenvalue weighted by atomic mass is 14.2. The van der Waals surface area contributed by atoms with E-state index in [1.165, 1.54) is 27.1 Å². The Morgan fingerprint density at radius 2 is 1.30 bits per heavy atom. The molecule has 1 aliphatic carbocycles. The molecular weight excluding hydrogens is 516 g/mol. The van der Waals surface area contributed by atoms with Gasteiger partial charge in [-0.15, -0.1) is 0 Å². The Hall–Kier alpha value is -5.46. The van der Waals surface area contributed by atoms with E-state index < -0.39 is 0 Å². The van der Waals surface area contributed by atoms with Gasteiger partial charge in [0.25, 0.3) is 0 Å². The first-order valence-corrected chi connectivity index (χ1v) is 14.7. The summed E-state index contributed by atoms with van der Waals surface area (Å²) < 4.78 is 0. The number of allylic oxidation sites excluding steroid dienone is 12. The fourth-order valence-electron chi connectivity index (χ4n) is 5.88. The molecule has 0 aliphatic heterocycles.